The van der Waals surface area contributed by atoms with Crippen LogP contribution in [0.25, 0.3) is 0 Å². The first-order valence-corrected chi connectivity index (χ1v) is 27.2. The molecule has 25 nitrogen and oxygen atoms in total. The summed E-state index contributed by atoms with van der Waals surface area (Å²) in [5.41, 5.74) is 0.247. The molecule has 9 aliphatic rings. The van der Waals surface area contributed by atoms with Gasteiger partial charge in [0.2, 0.25) is 0 Å². The number of hydrogen-bond acceptors (Lipinski definition) is 25. The van der Waals surface area contributed by atoms with Gasteiger partial charge in [0.15, 0.2) is 30.9 Å². The Labute approximate surface area is 440 Å². The molecule has 32 atom stereocenters. The summed E-state index contributed by atoms with van der Waals surface area (Å²) in [4.78, 5) is 0. The van der Waals surface area contributed by atoms with E-state index >= 15 is 0 Å². The summed E-state index contributed by atoms with van der Waals surface area (Å²) in [5, 5.41) is 171. The highest BCUT2D eigenvalue weighted by molar-refractivity contribution is 5.28. The fraction of sp³-hybridized carbons (Fsp3) is 0.961. The number of ether oxygens (including phenoxy) is 9. The van der Waals surface area contributed by atoms with Crippen LogP contribution in [0, 0.1) is 46.3 Å². The van der Waals surface area contributed by atoms with Crippen molar-refractivity contribution in [3.63, 3.8) is 0 Å². The Morgan fingerprint density at radius 3 is 1.78 bits per heavy atom. The summed E-state index contributed by atoms with van der Waals surface area (Å²) < 4.78 is 53.1. The molecule has 5 saturated heterocycles. The molecular weight excluding hydrogens is 1010 g/mol. The van der Waals surface area contributed by atoms with E-state index in [-0.39, 0.29) is 60.1 Å². The van der Waals surface area contributed by atoms with Crippen molar-refractivity contribution in [3.05, 3.63) is 11.6 Å². The van der Waals surface area contributed by atoms with E-state index in [0.29, 0.717) is 19.3 Å². The Morgan fingerprint density at radius 1 is 0.618 bits per heavy atom. The van der Waals surface area contributed by atoms with E-state index in [1.165, 1.54) is 0 Å². The molecule has 16 N–H and O–H groups in total. The molecule has 0 unspecified atom stereocenters. The third-order valence-corrected chi connectivity index (χ3v) is 19.6. The predicted octanol–water partition coefficient (Wildman–Crippen LogP) is -5.06. The third-order valence-electron chi connectivity index (χ3n) is 19.6. The minimum Gasteiger partial charge on any atom is -0.394 e. The van der Waals surface area contributed by atoms with Crippen molar-refractivity contribution in [3.8, 4) is 0 Å². The van der Waals surface area contributed by atoms with Crippen molar-refractivity contribution in [2.45, 2.75) is 226 Å². The van der Waals surface area contributed by atoms with Crippen LogP contribution >= 0.6 is 0 Å². The molecule has 438 valence electrons. The van der Waals surface area contributed by atoms with Crippen molar-refractivity contribution >= 4 is 0 Å². The molecule has 0 amide bonds. The SMILES string of the molecule is C[C@H](CC[C@@]1(O)O[C@H]2C[C@H]3[C@@H]4CC=C5C[C@@H](O[C@@H]6O[C@H](CO)[C@@H](O[C@@H]7O[C@H](CO)[C@@H](O)[C@H](O)[C@H]7O[C@@H]7O[C@H](CO)[C@@H](O)[C@H](O)[C@H]7O)[C@H](O)[C@H]6O)C[C@@H](O)[C@]5(C)[C@H]4CC[C@]3(C)[C@H]2[C@@H]1C)CO[C@@H]1O[C@H](CO)[C@@H](O)[C@H](O)[C@H]1O. The van der Waals surface area contributed by atoms with Gasteiger partial charge >= 0.3 is 0 Å². The topological polar surface area (TPSA) is 407 Å². The van der Waals surface area contributed by atoms with E-state index in [2.05, 4.69) is 26.8 Å². The van der Waals surface area contributed by atoms with Crippen LogP contribution in [0.5, 0.6) is 0 Å². The van der Waals surface area contributed by atoms with E-state index in [9.17, 15) is 81.7 Å². The standard InChI is InChI=1S/C51H84O25/c1-19(18-68-45-40(64)36(60)33(57)27(14-52)70-45)7-10-51(67)20(2)32-26(76-51)13-25-23-6-5-21-11-22(12-31(56)50(21,4)24(23)8-9-49(25,32)3)69-46-42(66)39(63)43(30(17-55)73-46)74-48-44(38(62)35(59)29(16-54)72-48)75-47-41(65)37(61)34(58)28(15-53)71-47/h5,19-20,22-48,52-67H,6-18H2,1-4H3/t19-,20+,22-,23-,24+,25+,26+,27-,28-,29-,30-,31-,32+,33-,34-,35-,36+,37+,38+,39-,40-,41-,42-,43-,44-,45-,46-,47+,48+,49+,50+,51-/m1/s1. The van der Waals surface area contributed by atoms with E-state index in [1.54, 1.807) is 0 Å². The van der Waals surface area contributed by atoms with Crippen LogP contribution in [0.4, 0.5) is 0 Å². The van der Waals surface area contributed by atoms with Gasteiger partial charge in [0.1, 0.15) is 97.7 Å². The van der Waals surface area contributed by atoms with Gasteiger partial charge in [-0.15, -0.1) is 0 Å². The molecule has 0 aromatic heterocycles. The molecule has 0 aromatic rings. The van der Waals surface area contributed by atoms with Gasteiger partial charge in [-0.2, -0.15) is 0 Å². The molecule has 4 aliphatic carbocycles. The molecular formula is C51H84O25. The Kier molecular flexibility index (Phi) is 18.1. The van der Waals surface area contributed by atoms with Crippen LogP contribution in [0.1, 0.15) is 79.1 Å². The summed E-state index contributed by atoms with van der Waals surface area (Å²) >= 11 is 0. The summed E-state index contributed by atoms with van der Waals surface area (Å²) in [6.45, 7) is 5.55. The zero-order valence-corrected chi connectivity index (χ0v) is 43.3. The van der Waals surface area contributed by atoms with Crippen molar-refractivity contribution in [2.24, 2.45) is 46.3 Å². The number of aliphatic hydroxyl groups is 16. The van der Waals surface area contributed by atoms with E-state index in [4.69, 9.17) is 42.6 Å². The largest absolute Gasteiger partial charge is 0.394 e. The third kappa shape index (κ3) is 10.4. The zero-order valence-electron chi connectivity index (χ0n) is 43.3. The van der Waals surface area contributed by atoms with Gasteiger partial charge in [0, 0.05) is 24.2 Å². The van der Waals surface area contributed by atoms with Gasteiger partial charge < -0.3 is 124 Å². The van der Waals surface area contributed by atoms with Crippen molar-refractivity contribution in [1.29, 1.82) is 0 Å². The van der Waals surface area contributed by atoms with Crippen molar-refractivity contribution in [2.75, 3.05) is 33.0 Å². The lowest BCUT2D eigenvalue weighted by Crippen LogP contribution is -2.67. The Balaban J connectivity index is 0.811. The van der Waals surface area contributed by atoms with Gasteiger partial charge in [-0.25, -0.2) is 0 Å². The molecule has 76 heavy (non-hydrogen) atoms. The molecule has 8 fully saturated rings. The maximum Gasteiger partial charge on any atom is 0.187 e. The summed E-state index contributed by atoms with van der Waals surface area (Å²) in [6.07, 6.45) is -27.7. The number of hydrogen-bond donors (Lipinski definition) is 16. The van der Waals surface area contributed by atoms with Crippen LogP contribution in [-0.4, -0.2) is 262 Å². The van der Waals surface area contributed by atoms with Crippen LogP contribution in [0.2, 0.25) is 0 Å². The first kappa shape index (κ1) is 59.4. The maximum atomic E-state index is 12.2. The van der Waals surface area contributed by atoms with Gasteiger partial charge in [-0.3, -0.25) is 0 Å². The first-order valence-electron chi connectivity index (χ1n) is 27.2. The predicted molar refractivity (Wildman–Crippen MR) is 253 cm³/mol. The zero-order chi connectivity index (χ0) is 55.1. The smallest absolute Gasteiger partial charge is 0.187 e. The normalized spacial score (nSPS) is 54.8. The maximum absolute atomic E-state index is 12.2. The lowest BCUT2D eigenvalue weighted by Gasteiger charge is -2.60. The van der Waals surface area contributed by atoms with Crippen LogP contribution < -0.4 is 0 Å². The number of rotatable bonds is 16. The Bertz CT molecular complexity index is 1970. The Morgan fingerprint density at radius 2 is 1.14 bits per heavy atom. The van der Waals surface area contributed by atoms with Gasteiger partial charge in [-0.05, 0) is 73.5 Å². The number of allylic oxidation sites excluding steroid dienone is 1. The van der Waals surface area contributed by atoms with Crippen molar-refractivity contribution < 1.29 is 124 Å². The van der Waals surface area contributed by atoms with Crippen LogP contribution in [0.15, 0.2) is 11.6 Å². The molecule has 9 rings (SSSR count). The van der Waals surface area contributed by atoms with Crippen LogP contribution in [0.3, 0.4) is 0 Å². The summed E-state index contributed by atoms with van der Waals surface area (Å²) in [6, 6.07) is 0. The van der Waals surface area contributed by atoms with Gasteiger partial charge in [-0.1, -0.05) is 39.3 Å². The minimum absolute atomic E-state index is 0.0832. The first-order chi connectivity index (χ1) is 35.9. The van der Waals surface area contributed by atoms with E-state index < -0.39 is 173 Å². The molecule has 0 radical (unpaired) electrons. The fourth-order valence-electron chi connectivity index (χ4n) is 15.1. The molecule has 3 saturated carbocycles. The van der Waals surface area contributed by atoms with Gasteiger partial charge in [0.05, 0.1) is 51.3 Å². The average Bonchev–Trinajstić information content (AvgIpc) is 3.88. The highest BCUT2D eigenvalue weighted by atomic mass is 16.8. The molecule has 0 spiro atoms. The lowest BCUT2D eigenvalue weighted by molar-refractivity contribution is -0.390. The second-order valence-corrected chi connectivity index (χ2v) is 23.9. The number of fused-ring (bicyclic) bond motifs is 7. The van der Waals surface area contributed by atoms with E-state index in [0.717, 1.165) is 31.3 Å². The molecule has 5 heterocycles. The summed E-state index contributed by atoms with van der Waals surface area (Å²) in [7, 11) is 0. The second kappa shape index (κ2) is 23.2. The summed E-state index contributed by atoms with van der Waals surface area (Å²) in [5.74, 6) is -0.994. The monoisotopic (exact) mass is 1100 g/mol. The molecule has 0 aromatic carbocycles. The average molecular weight is 1100 g/mol. The fourth-order valence-corrected chi connectivity index (χ4v) is 15.1. The lowest BCUT2D eigenvalue weighted by atomic mass is 9.46. The second-order valence-electron chi connectivity index (χ2n) is 23.9. The molecule has 25 heteroatoms. The number of aliphatic hydroxyl groups excluding tert-OH is 15. The molecule has 0 bridgehead atoms. The van der Waals surface area contributed by atoms with Gasteiger partial charge in [0.25, 0.3) is 0 Å². The highest BCUT2D eigenvalue weighted by Gasteiger charge is 2.69. The minimum atomic E-state index is -1.94. The van der Waals surface area contributed by atoms with Crippen molar-refractivity contribution in [1.82, 2.24) is 0 Å². The van der Waals surface area contributed by atoms with Crippen LogP contribution in [-0.2, 0) is 42.6 Å². The molecule has 5 aliphatic heterocycles. The van der Waals surface area contributed by atoms with E-state index in [1.807, 2.05) is 6.92 Å². The Hall–Kier alpha value is -1.26. The highest BCUT2D eigenvalue weighted by Crippen LogP contribution is 2.70. The quantitative estimate of drug-likeness (QED) is 0.0643.